The molecule has 5 aliphatic heterocycles. The molecule has 32 heavy (non-hydrogen) atoms. The van der Waals surface area contributed by atoms with Crippen molar-refractivity contribution in [3.8, 4) is 0 Å². The molecule has 1 fully saturated rings. The molecule has 4 heteroatoms. The van der Waals surface area contributed by atoms with E-state index in [1.54, 1.807) is 0 Å². The van der Waals surface area contributed by atoms with Crippen molar-refractivity contribution in [3.63, 3.8) is 0 Å². The maximum Gasteiger partial charge on any atom is 0.0708 e. The predicted molar refractivity (Wildman–Crippen MR) is 135 cm³/mol. The van der Waals surface area contributed by atoms with E-state index in [2.05, 4.69) is 78.9 Å². The Labute approximate surface area is 194 Å². The molecule has 0 amide bonds. The van der Waals surface area contributed by atoms with E-state index in [1.807, 2.05) is 0 Å². The molecule has 2 atom stereocenters. The Morgan fingerprint density at radius 1 is 0.812 bits per heavy atom. The first-order chi connectivity index (χ1) is 14.7. The average Bonchev–Trinajstić information content (AvgIpc) is 3.25. The summed E-state index contributed by atoms with van der Waals surface area (Å²) < 4.78 is 0. The van der Waals surface area contributed by atoms with Crippen LogP contribution in [0.5, 0.6) is 0 Å². The monoisotopic (exact) mass is 432 g/mol. The molecule has 8 bridgehead atoms. The molecule has 0 radical (unpaired) electrons. The minimum atomic E-state index is 0.0540. The van der Waals surface area contributed by atoms with E-state index in [1.165, 1.54) is 34.2 Å². The van der Waals surface area contributed by atoms with Crippen molar-refractivity contribution in [2.75, 3.05) is 0 Å². The van der Waals surface area contributed by atoms with Crippen LogP contribution in [0.15, 0.2) is 50.3 Å². The third kappa shape index (κ3) is 3.74. The number of nitrogens with one attached hydrogen (secondary N) is 1. The largest absolute Gasteiger partial charge is 0.362 e. The quantitative estimate of drug-likeness (QED) is 0.472. The number of allylic oxidation sites excluding steroid dienone is 5. The first-order valence-corrected chi connectivity index (χ1v) is 12.4. The summed E-state index contributed by atoms with van der Waals surface area (Å²) in [5.74, 6) is 0. The zero-order valence-corrected chi connectivity index (χ0v) is 21.3. The van der Waals surface area contributed by atoms with Crippen LogP contribution in [0.25, 0.3) is 0 Å². The standard InChI is InChI=1S/C28H40N4/c1-25(2)13-17-10-22-27(5,6)15-19(31-22)12-24-28(7,8)16-20(32-24)11-23-26(3,4)14-18(30-23)9-21(25)29-17/h9-11,19-20,29H,12-16H2,1-8H3. The summed E-state index contributed by atoms with van der Waals surface area (Å²) in [5.41, 5.74) is 7.89. The van der Waals surface area contributed by atoms with Crippen LogP contribution >= 0.6 is 0 Å². The van der Waals surface area contributed by atoms with Crippen LogP contribution in [-0.2, 0) is 0 Å². The Kier molecular flexibility index (Phi) is 4.63. The molecule has 0 saturated carbocycles. The van der Waals surface area contributed by atoms with Crippen LogP contribution in [-0.4, -0.2) is 29.2 Å². The summed E-state index contributed by atoms with van der Waals surface area (Å²) in [6.45, 7) is 18.7. The summed E-state index contributed by atoms with van der Waals surface area (Å²) in [7, 11) is 0. The third-order valence-corrected chi connectivity index (χ3v) is 8.22. The molecule has 2 unspecified atom stereocenters. The van der Waals surface area contributed by atoms with Crippen LogP contribution in [0.2, 0.25) is 0 Å². The van der Waals surface area contributed by atoms with Gasteiger partial charge in [0.15, 0.2) is 0 Å². The van der Waals surface area contributed by atoms with Crippen LogP contribution in [0, 0.1) is 21.7 Å². The van der Waals surface area contributed by atoms with Crippen molar-refractivity contribution in [1.29, 1.82) is 0 Å². The highest BCUT2D eigenvalue weighted by molar-refractivity contribution is 6.02. The second kappa shape index (κ2) is 6.77. The molecule has 5 heterocycles. The Morgan fingerprint density at radius 3 is 2.31 bits per heavy atom. The summed E-state index contributed by atoms with van der Waals surface area (Å²) in [6, 6.07) is 0.550. The van der Waals surface area contributed by atoms with Crippen LogP contribution in [0.1, 0.15) is 87.5 Å². The van der Waals surface area contributed by atoms with Gasteiger partial charge >= 0.3 is 0 Å². The molecule has 172 valence electrons. The van der Waals surface area contributed by atoms with Gasteiger partial charge in [-0.3, -0.25) is 15.0 Å². The van der Waals surface area contributed by atoms with E-state index < -0.39 is 0 Å². The van der Waals surface area contributed by atoms with E-state index in [0.29, 0.717) is 6.04 Å². The van der Waals surface area contributed by atoms with Crippen molar-refractivity contribution in [2.24, 2.45) is 36.6 Å². The number of nitrogens with zero attached hydrogens (tertiary/aromatic N) is 3. The first kappa shape index (κ1) is 21.9. The van der Waals surface area contributed by atoms with Gasteiger partial charge in [-0.25, -0.2) is 0 Å². The maximum atomic E-state index is 5.24. The van der Waals surface area contributed by atoms with Crippen LogP contribution < -0.4 is 5.32 Å². The highest BCUT2D eigenvalue weighted by Crippen LogP contribution is 2.45. The lowest BCUT2D eigenvalue weighted by Crippen LogP contribution is -2.25. The van der Waals surface area contributed by atoms with E-state index in [4.69, 9.17) is 15.0 Å². The van der Waals surface area contributed by atoms with Crippen molar-refractivity contribution >= 4 is 17.1 Å². The Hall–Kier alpha value is -1.97. The van der Waals surface area contributed by atoms with E-state index in [-0.39, 0.29) is 27.7 Å². The third-order valence-electron chi connectivity index (χ3n) is 8.22. The van der Waals surface area contributed by atoms with Gasteiger partial charge in [0.25, 0.3) is 0 Å². The maximum absolute atomic E-state index is 5.24. The summed E-state index contributed by atoms with van der Waals surface area (Å²) in [6.07, 6.45) is 12.1. The highest BCUT2D eigenvalue weighted by atomic mass is 15.0. The second-order valence-corrected chi connectivity index (χ2v) is 13.3. The predicted octanol–water partition coefficient (Wildman–Crippen LogP) is 6.41. The Bertz CT molecular complexity index is 1040. The second-order valence-electron chi connectivity index (χ2n) is 13.3. The molecule has 0 aliphatic carbocycles. The van der Waals surface area contributed by atoms with Gasteiger partial charge < -0.3 is 5.32 Å². The topological polar surface area (TPSA) is 49.1 Å². The Balaban J connectivity index is 1.63. The fourth-order valence-corrected chi connectivity index (χ4v) is 6.20. The molecule has 5 aliphatic rings. The minimum absolute atomic E-state index is 0.0540. The van der Waals surface area contributed by atoms with Crippen molar-refractivity contribution in [3.05, 3.63) is 35.3 Å². The van der Waals surface area contributed by atoms with Crippen LogP contribution in [0.3, 0.4) is 0 Å². The van der Waals surface area contributed by atoms with Gasteiger partial charge in [0.1, 0.15) is 0 Å². The van der Waals surface area contributed by atoms with E-state index in [9.17, 15) is 0 Å². The lowest BCUT2D eigenvalue weighted by atomic mass is 9.78. The molecule has 4 nitrogen and oxygen atoms in total. The minimum Gasteiger partial charge on any atom is -0.362 e. The number of hydrogen-bond acceptors (Lipinski definition) is 4. The zero-order chi connectivity index (χ0) is 23.1. The lowest BCUT2D eigenvalue weighted by molar-refractivity contribution is 0.447. The smallest absolute Gasteiger partial charge is 0.0708 e. The number of hydrogen-bond donors (Lipinski definition) is 1. The first-order valence-electron chi connectivity index (χ1n) is 12.4. The molecule has 1 saturated heterocycles. The van der Waals surface area contributed by atoms with Crippen molar-refractivity contribution in [2.45, 2.75) is 99.6 Å². The van der Waals surface area contributed by atoms with E-state index in [0.717, 1.165) is 32.1 Å². The molecule has 0 aromatic heterocycles. The fraction of sp³-hybridized carbons (Fsp3) is 0.679. The number of fused-ring (bicyclic) bond motifs is 5. The van der Waals surface area contributed by atoms with Gasteiger partial charge in [-0.2, -0.15) is 0 Å². The average molecular weight is 433 g/mol. The molecular weight excluding hydrogens is 392 g/mol. The van der Waals surface area contributed by atoms with Gasteiger partial charge in [-0.05, 0) is 37.5 Å². The number of rotatable bonds is 0. The van der Waals surface area contributed by atoms with Crippen LogP contribution in [0.4, 0.5) is 0 Å². The van der Waals surface area contributed by atoms with Crippen molar-refractivity contribution < 1.29 is 0 Å². The summed E-state index contributed by atoms with van der Waals surface area (Å²) in [4.78, 5) is 15.6. The molecule has 5 rings (SSSR count). The van der Waals surface area contributed by atoms with Gasteiger partial charge in [0, 0.05) is 68.7 Å². The van der Waals surface area contributed by atoms with Gasteiger partial charge in [-0.15, -0.1) is 0 Å². The summed E-state index contributed by atoms with van der Waals surface area (Å²) in [5, 5.41) is 3.75. The lowest BCUT2D eigenvalue weighted by Gasteiger charge is -2.23. The summed E-state index contributed by atoms with van der Waals surface area (Å²) >= 11 is 0. The molecule has 0 spiro atoms. The number of aliphatic imine (C=N–C) groups is 3. The van der Waals surface area contributed by atoms with E-state index >= 15 is 0 Å². The molecule has 0 aromatic carbocycles. The Morgan fingerprint density at radius 2 is 1.56 bits per heavy atom. The molecule has 0 aromatic rings. The fourth-order valence-electron chi connectivity index (χ4n) is 6.20. The SMILES string of the molecule is CC1(C)CC2=NC1=CC1CC(C)(C)C(=N1)CC1CC(C)(C)C(=N1)C=C1CC(C)(C)C(=C2)N1. The van der Waals surface area contributed by atoms with Gasteiger partial charge in [0.2, 0.25) is 0 Å². The highest BCUT2D eigenvalue weighted by Gasteiger charge is 2.42. The normalized spacial score (nSPS) is 33.5. The van der Waals surface area contributed by atoms with Crippen molar-refractivity contribution in [1.82, 2.24) is 5.32 Å². The molecular formula is C28H40N4. The molecule has 1 N–H and O–H groups in total. The van der Waals surface area contributed by atoms with Gasteiger partial charge in [0.05, 0.1) is 12.1 Å². The zero-order valence-electron chi connectivity index (χ0n) is 21.3. The van der Waals surface area contributed by atoms with Gasteiger partial charge in [-0.1, -0.05) is 55.4 Å².